The van der Waals surface area contributed by atoms with Gasteiger partial charge in [0, 0.05) is 46.0 Å². The molecule has 2 N–H and O–H groups in total. The molecule has 2 rings (SSSR count). The molecule has 0 aliphatic carbocycles. The summed E-state index contributed by atoms with van der Waals surface area (Å²) in [5, 5.41) is 7.84. The van der Waals surface area contributed by atoms with E-state index < -0.39 is 10.0 Å². The van der Waals surface area contributed by atoms with E-state index in [9.17, 15) is 8.42 Å². The number of hydrogen-bond donors (Lipinski definition) is 2. The highest BCUT2D eigenvalue weighted by molar-refractivity contribution is 14.0. The van der Waals surface area contributed by atoms with Crippen molar-refractivity contribution in [2.24, 2.45) is 12.0 Å². The van der Waals surface area contributed by atoms with Crippen LogP contribution in [-0.2, 0) is 30.2 Å². The molecular weight excluding hydrogens is 503 g/mol. The van der Waals surface area contributed by atoms with Crippen molar-refractivity contribution in [2.45, 2.75) is 37.8 Å². The molecule has 29 heavy (non-hydrogen) atoms. The zero-order chi connectivity index (χ0) is 20.9. The van der Waals surface area contributed by atoms with Crippen molar-refractivity contribution < 1.29 is 8.42 Å². The van der Waals surface area contributed by atoms with Crippen LogP contribution in [0, 0.1) is 0 Å². The second-order valence-electron chi connectivity index (χ2n) is 6.98. The largest absolute Gasteiger partial charge is 0.352 e. The van der Waals surface area contributed by atoms with Crippen molar-refractivity contribution in [1.82, 2.24) is 24.7 Å². The Balaban J connectivity index is 0.00000420. The van der Waals surface area contributed by atoms with Gasteiger partial charge in [-0.05, 0) is 30.7 Å². The molecule has 10 heteroatoms. The van der Waals surface area contributed by atoms with Gasteiger partial charge in [0.2, 0.25) is 10.0 Å². The normalized spacial score (nSPS) is 12.0. The lowest BCUT2D eigenvalue weighted by molar-refractivity contribution is 0.473. The van der Waals surface area contributed by atoms with Gasteiger partial charge in [0.05, 0.1) is 10.6 Å². The first-order valence-corrected chi connectivity index (χ1v) is 10.6. The fraction of sp³-hybridized carbons (Fsp3) is 0.474. The van der Waals surface area contributed by atoms with Gasteiger partial charge in [0.15, 0.2) is 5.96 Å². The van der Waals surface area contributed by atoms with E-state index >= 15 is 0 Å². The van der Waals surface area contributed by atoms with E-state index in [1.807, 2.05) is 35.9 Å². The SMILES string of the molecule is CN=C(NCc1cccc(S(=O)(=O)NC)c1)N(C)Cc1cn(C)nc1C(C)C.I. The average molecular weight is 534 g/mol. The molecule has 0 saturated heterocycles. The lowest BCUT2D eigenvalue weighted by atomic mass is 10.1. The van der Waals surface area contributed by atoms with Gasteiger partial charge in [-0.1, -0.05) is 26.0 Å². The predicted molar refractivity (Wildman–Crippen MR) is 127 cm³/mol. The topological polar surface area (TPSA) is 91.6 Å². The number of guanidine groups is 1. The van der Waals surface area contributed by atoms with Gasteiger partial charge in [-0.25, -0.2) is 13.1 Å². The second kappa shape index (κ2) is 10.9. The van der Waals surface area contributed by atoms with E-state index in [4.69, 9.17) is 0 Å². The van der Waals surface area contributed by atoms with Crippen LogP contribution in [0.3, 0.4) is 0 Å². The second-order valence-corrected chi connectivity index (χ2v) is 8.87. The van der Waals surface area contributed by atoms with Gasteiger partial charge in [-0.2, -0.15) is 5.10 Å². The summed E-state index contributed by atoms with van der Waals surface area (Å²) in [4.78, 5) is 6.61. The van der Waals surface area contributed by atoms with Gasteiger partial charge in [0.1, 0.15) is 0 Å². The Morgan fingerprint density at radius 1 is 1.34 bits per heavy atom. The van der Waals surface area contributed by atoms with Crippen molar-refractivity contribution in [3.8, 4) is 0 Å². The van der Waals surface area contributed by atoms with E-state index in [1.165, 1.54) is 7.05 Å². The molecule has 1 aromatic carbocycles. The summed E-state index contributed by atoms with van der Waals surface area (Å²) in [7, 11) is 3.56. The number of aromatic nitrogens is 2. The van der Waals surface area contributed by atoms with Gasteiger partial charge < -0.3 is 10.2 Å². The fourth-order valence-electron chi connectivity index (χ4n) is 3.00. The minimum atomic E-state index is -3.46. The molecular formula is C19H31IN6O2S. The number of benzene rings is 1. The van der Waals surface area contributed by atoms with Gasteiger partial charge in [0.25, 0.3) is 0 Å². The highest BCUT2D eigenvalue weighted by Gasteiger charge is 2.15. The van der Waals surface area contributed by atoms with Crippen LogP contribution in [-0.4, -0.2) is 50.2 Å². The first-order chi connectivity index (χ1) is 13.2. The molecule has 0 aliphatic rings. The maximum Gasteiger partial charge on any atom is 0.240 e. The van der Waals surface area contributed by atoms with Crippen molar-refractivity contribution in [1.29, 1.82) is 0 Å². The first-order valence-electron chi connectivity index (χ1n) is 9.14. The minimum absolute atomic E-state index is 0. The fourth-order valence-corrected chi connectivity index (χ4v) is 3.80. The van der Waals surface area contributed by atoms with Gasteiger partial charge in [-0.15, -0.1) is 24.0 Å². The number of hydrogen-bond acceptors (Lipinski definition) is 4. The molecule has 0 saturated carbocycles. The maximum atomic E-state index is 12.0. The molecule has 0 amide bonds. The Hall–Kier alpha value is -1.66. The van der Waals surface area contributed by atoms with Gasteiger partial charge in [-0.3, -0.25) is 9.67 Å². The van der Waals surface area contributed by atoms with Crippen LogP contribution in [0.5, 0.6) is 0 Å². The summed E-state index contributed by atoms with van der Waals surface area (Å²) in [6.45, 7) is 5.40. The number of sulfonamides is 1. The summed E-state index contributed by atoms with van der Waals surface area (Å²) in [5.41, 5.74) is 3.09. The maximum absolute atomic E-state index is 12.0. The summed E-state index contributed by atoms with van der Waals surface area (Å²) < 4.78 is 28.1. The lowest BCUT2D eigenvalue weighted by Crippen LogP contribution is -2.38. The minimum Gasteiger partial charge on any atom is -0.352 e. The molecule has 1 heterocycles. The standard InChI is InChI=1S/C19H30N6O2S.HI/c1-14(2)18-16(13-25(6)23-18)12-24(5)19(20-3)22-11-15-8-7-9-17(10-15)28(26,27)21-4;/h7-10,13-14,21H,11-12H2,1-6H3,(H,20,22);1H. The Bertz CT molecular complexity index is 940. The molecule has 0 fully saturated rings. The predicted octanol–water partition coefficient (Wildman–Crippen LogP) is 2.28. The van der Waals surface area contributed by atoms with Crippen molar-refractivity contribution in [2.75, 3.05) is 21.1 Å². The lowest BCUT2D eigenvalue weighted by Gasteiger charge is -2.22. The smallest absolute Gasteiger partial charge is 0.240 e. The van der Waals surface area contributed by atoms with Crippen LogP contribution in [0.1, 0.15) is 36.6 Å². The summed E-state index contributed by atoms with van der Waals surface area (Å²) in [6, 6.07) is 6.85. The summed E-state index contributed by atoms with van der Waals surface area (Å²) in [5.74, 6) is 1.07. The third-order valence-corrected chi connectivity index (χ3v) is 5.81. The molecule has 0 unspecified atom stereocenters. The van der Waals surface area contributed by atoms with Crippen molar-refractivity contribution in [3.63, 3.8) is 0 Å². The highest BCUT2D eigenvalue weighted by atomic mass is 127. The summed E-state index contributed by atoms with van der Waals surface area (Å²) in [6.07, 6.45) is 2.03. The monoisotopic (exact) mass is 534 g/mol. The Labute approximate surface area is 190 Å². The highest BCUT2D eigenvalue weighted by Crippen LogP contribution is 2.18. The van der Waals surface area contributed by atoms with Crippen LogP contribution in [0.15, 0.2) is 40.4 Å². The molecule has 0 aliphatic heterocycles. The van der Waals surface area contributed by atoms with Crippen LogP contribution >= 0.6 is 24.0 Å². The average Bonchev–Trinajstić information content (AvgIpc) is 3.03. The molecule has 162 valence electrons. The van der Waals surface area contributed by atoms with E-state index in [0.29, 0.717) is 19.0 Å². The van der Waals surface area contributed by atoms with E-state index in [1.54, 1.807) is 25.2 Å². The Morgan fingerprint density at radius 3 is 2.62 bits per heavy atom. The molecule has 0 spiro atoms. The van der Waals surface area contributed by atoms with Crippen LogP contribution < -0.4 is 10.0 Å². The molecule has 8 nitrogen and oxygen atoms in total. The van der Waals surface area contributed by atoms with Crippen molar-refractivity contribution in [3.05, 3.63) is 47.3 Å². The van der Waals surface area contributed by atoms with E-state index in [-0.39, 0.29) is 28.9 Å². The van der Waals surface area contributed by atoms with Gasteiger partial charge >= 0.3 is 0 Å². The molecule has 1 aromatic heterocycles. The Kier molecular flexibility index (Phi) is 9.56. The van der Waals surface area contributed by atoms with Crippen molar-refractivity contribution >= 4 is 40.0 Å². The number of nitrogens with zero attached hydrogens (tertiary/aromatic N) is 4. The molecule has 0 radical (unpaired) electrons. The quantitative estimate of drug-likeness (QED) is 0.323. The number of nitrogens with one attached hydrogen (secondary N) is 2. The first kappa shape index (κ1) is 25.4. The Morgan fingerprint density at radius 2 is 2.03 bits per heavy atom. The molecule has 0 atom stereocenters. The van der Waals surface area contributed by atoms with Crippen LogP contribution in [0.25, 0.3) is 0 Å². The zero-order valence-corrected chi connectivity index (χ0v) is 20.9. The number of halogens is 1. The number of aliphatic imine (C=N–C) groups is 1. The van der Waals surface area contributed by atoms with E-state index in [2.05, 4.69) is 34.0 Å². The molecule has 2 aromatic rings. The number of rotatable bonds is 7. The van der Waals surface area contributed by atoms with Crippen LogP contribution in [0.4, 0.5) is 0 Å². The third kappa shape index (κ3) is 6.68. The molecule has 0 bridgehead atoms. The third-order valence-electron chi connectivity index (χ3n) is 4.39. The zero-order valence-electron chi connectivity index (χ0n) is 17.8. The van der Waals surface area contributed by atoms with E-state index in [0.717, 1.165) is 22.8 Å². The van der Waals surface area contributed by atoms with Crippen LogP contribution in [0.2, 0.25) is 0 Å². The number of aryl methyl sites for hydroxylation is 1. The summed E-state index contributed by atoms with van der Waals surface area (Å²) >= 11 is 0.